The number of aromatic nitrogens is 1. The van der Waals surface area contributed by atoms with Gasteiger partial charge in [0.25, 0.3) is 0 Å². The maximum absolute atomic E-state index is 15.0. The first-order chi connectivity index (χ1) is 23.5. The van der Waals surface area contributed by atoms with Gasteiger partial charge in [-0.25, -0.2) is 4.57 Å². The number of phosphoric acid groups is 1. The first-order valence-electron chi connectivity index (χ1n) is 18.7. The van der Waals surface area contributed by atoms with Gasteiger partial charge in [-0.3, -0.25) is 9.05 Å². The number of phosphoric ester groups is 1. The van der Waals surface area contributed by atoms with E-state index in [-0.39, 0.29) is 13.2 Å². The summed E-state index contributed by atoms with van der Waals surface area (Å²) >= 11 is 0. The number of hydrogen-bond acceptors (Lipinski definition) is 3. The SMILES string of the molecule is C[N+](C)(C)CCOP(=O)(O)OCCCCCCCCCCCCCCCCCCc1ccc(C2=C3C=CC=[N+]3[B-](F)(F)n3cccc32)cc1. The van der Waals surface area contributed by atoms with Gasteiger partial charge in [0.2, 0.25) is 0 Å². The number of quaternary nitrogens is 1. The van der Waals surface area contributed by atoms with Crippen molar-refractivity contribution in [2.45, 2.75) is 109 Å². The number of aryl methyl sites for hydroxylation is 1. The van der Waals surface area contributed by atoms with Gasteiger partial charge in [0.1, 0.15) is 19.4 Å². The Bertz CT molecular complexity index is 1450. The quantitative estimate of drug-likeness (QED) is 0.0485. The third-order valence-corrected chi connectivity index (χ3v) is 10.6. The van der Waals surface area contributed by atoms with E-state index < -0.39 is 14.8 Å². The highest BCUT2D eigenvalue weighted by Crippen LogP contribution is 2.43. The van der Waals surface area contributed by atoms with E-state index in [2.05, 4.69) is 24.3 Å². The van der Waals surface area contributed by atoms with Crippen molar-refractivity contribution >= 4 is 26.6 Å². The van der Waals surface area contributed by atoms with Crippen LogP contribution in [0.5, 0.6) is 0 Å². The molecule has 0 fully saturated rings. The molecular weight excluding hydrogens is 642 g/mol. The zero-order valence-corrected chi connectivity index (χ0v) is 31.1. The van der Waals surface area contributed by atoms with Crippen LogP contribution < -0.4 is 0 Å². The molecule has 0 radical (unpaired) electrons. The fourth-order valence-electron chi connectivity index (χ4n) is 6.71. The third kappa shape index (κ3) is 12.7. The Labute approximate surface area is 294 Å². The van der Waals surface area contributed by atoms with Crippen LogP contribution in [0.2, 0.25) is 0 Å². The van der Waals surface area contributed by atoms with Crippen LogP contribution in [0.4, 0.5) is 8.63 Å². The molecule has 49 heavy (non-hydrogen) atoms. The van der Waals surface area contributed by atoms with Crippen LogP contribution >= 0.6 is 7.82 Å². The Morgan fingerprint density at radius 1 is 0.776 bits per heavy atom. The smallest absolute Gasteiger partial charge is 0.396 e. The average molecular weight is 703 g/mol. The molecule has 2 aliphatic heterocycles. The molecule has 272 valence electrons. The highest BCUT2D eigenvalue weighted by atomic mass is 31.2. The summed E-state index contributed by atoms with van der Waals surface area (Å²) in [6.07, 6.45) is 27.3. The van der Waals surface area contributed by atoms with Gasteiger partial charge in [-0.05, 0) is 48.7 Å². The van der Waals surface area contributed by atoms with Crippen molar-refractivity contribution in [2.75, 3.05) is 40.9 Å². The van der Waals surface area contributed by atoms with Gasteiger partial charge in [0, 0.05) is 17.8 Å². The molecule has 1 N–H and O–H groups in total. The summed E-state index contributed by atoms with van der Waals surface area (Å²) in [6.45, 7) is -2.72. The first kappa shape index (κ1) is 39.4. The van der Waals surface area contributed by atoms with Crippen molar-refractivity contribution in [1.82, 2.24) is 4.48 Å². The van der Waals surface area contributed by atoms with Crippen molar-refractivity contribution in [3.8, 4) is 0 Å². The lowest BCUT2D eigenvalue weighted by Gasteiger charge is -2.30. The topological polar surface area (TPSA) is 63.7 Å². The Hall–Kier alpha value is -2.36. The number of nitrogens with zero attached hydrogens (tertiary/aromatic N) is 3. The number of hydrogen-bond donors (Lipinski definition) is 1. The number of likely N-dealkylation sites (N-methyl/N-ethyl adjacent to an activating group) is 1. The van der Waals surface area contributed by atoms with Crippen LogP contribution in [0.3, 0.4) is 0 Å². The molecule has 0 saturated carbocycles. The summed E-state index contributed by atoms with van der Waals surface area (Å²) in [4.78, 5) is 9.75. The second-order valence-corrected chi connectivity index (χ2v) is 16.3. The van der Waals surface area contributed by atoms with Crippen molar-refractivity contribution in [3.63, 3.8) is 0 Å². The second kappa shape index (κ2) is 19.3. The fraction of sp³-hybridized carbons (Fsp3) is 0.605. The summed E-state index contributed by atoms with van der Waals surface area (Å²) in [7, 11) is 2.11. The maximum Gasteiger partial charge on any atom is 0.737 e. The standard InChI is InChI=1S/C38H59BF2N3O4P/c1-44(2,3)31-33-48-49(45,46)47-32-19-17-15-13-11-9-7-5-4-6-8-10-12-14-16-18-22-34-25-27-35(28-26-34)38-36-23-20-29-42(36)39(40,41)43-30-21-24-37(38)43/h20-21,23-30H,4-19,22,31-33H2,1-3H3/p+1. The summed E-state index contributed by atoms with van der Waals surface area (Å²) in [6, 6.07) is 12.0. The predicted molar refractivity (Wildman–Crippen MR) is 198 cm³/mol. The second-order valence-electron chi connectivity index (χ2n) is 14.8. The molecule has 0 bridgehead atoms. The fourth-order valence-corrected chi connectivity index (χ4v) is 7.45. The molecule has 1 aromatic carbocycles. The van der Waals surface area contributed by atoms with Gasteiger partial charge in [-0.2, -0.15) is 0 Å². The summed E-state index contributed by atoms with van der Waals surface area (Å²) < 4.78 is 55.0. The zero-order chi connectivity index (χ0) is 35.2. The molecule has 1 atom stereocenters. The molecule has 11 heteroatoms. The lowest BCUT2D eigenvalue weighted by molar-refractivity contribution is -0.870. The van der Waals surface area contributed by atoms with Crippen molar-refractivity contribution in [3.05, 3.63) is 77.3 Å². The minimum absolute atomic E-state index is 0.211. The van der Waals surface area contributed by atoms with E-state index in [0.29, 0.717) is 22.4 Å². The van der Waals surface area contributed by atoms with Crippen LogP contribution in [-0.4, -0.2) is 72.4 Å². The minimum atomic E-state index is -3.92. The molecule has 3 heterocycles. The maximum atomic E-state index is 15.0. The van der Waals surface area contributed by atoms with E-state index in [0.717, 1.165) is 45.8 Å². The molecular formula is C38H60BF2N3O4P+. The third-order valence-electron chi connectivity index (χ3n) is 9.61. The average Bonchev–Trinajstić information content (AvgIpc) is 3.74. The Morgan fingerprint density at radius 3 is 1.88 bits per heavy atom. The monoisotopic (exact) mass is 702 g/mol. The zero-order valence-electron chi connectivity index (χ0n) is 30.2. The number of halogens is 2. The summed E-state index contributed by atoms with van der Waals surface area (Å²) in [5, 5.41) is 0. The Morgan fingerprint density at radius 2 is 1.31 bits per heavy atom. The molecule has 0 spiro atoms. The normalized spacial score (nSPS) is 16.5. The van der Waals surface area contributed by atoms with Crippen LogP contribution in [0.1, 0.15) is 120 Å². The van der Waals surface area contributed by atoms with E-state index in [1.807, 2.05) is 21.1 Å². The number of fused-ring (bicyclic) bond motifs is 2. The largest absolute Gasteiger partial charge is 0.737 e. The predicted octanol–water partition coefficient (Wildman–Crippen LogP) is 9.76. The lowest BCUT2D eigenvalue weighted by atomic mass is 9.86. The van der Waals surface area contributed by atoms with E-state index in [1.165, 1.54) is 101 Å². The van der Waals surface area contributed by atoms with E-state index in [1.54, 1.807) is 24.3 Å². The number of benzene rings is 1. The molecule has 1 aromatic heterocycles. The van der Waals surface area contributed by atoms with Crippen LogP contribution in [0, 0.1) is 0 Å². The number of allylic oxidation sites excluding steroid dienone is 2. The molecule has 2 aromatic rings. The molecule has 7 nitrogen and oxygen atoms in total. The number of rotatable bonds is 25. The summed E-state index contributed by atoms with van der Waals surface area (Å²) in [5.41, 5.74) is 4.28. The minimum Gasteiger partial charge on any atom is -0.396 e. The Kier molecular flexibility index (Phi) is 15.5. The molecule has 4 rings (SSSR count). The molecule has 0 saturated heterocycles. The highest BCUT2D eigenvalue weighted by molar-refractivity contribution is 7.47. The van der Waals surface area contributed by atoms with E-state index in [4.69, 9.17) is 9.05 Å². The van der Waals surface area contributed by atoms with Crippen LogP contribution in [-0.2, 0) is 20.0 Å². The van der Waals surface area contributed by atoms with Gasteiger partial charge in [-0.1, -0.05) is 114 Å². The molecule has 1 unspecified atom stereocenters. The van der Waals surface area contributed by atoms with Crippen molar-refractivity contribution < 1.29 is 36.1 Å². The van der Waals surface area contributed by atoms with Gasteiger partial charge in [-0.15, -0.1) is 0 Å². The molecule has 2 aliphatic rings. The van der Waals surface area contributed by atoms with Gasteiger partial charge >= 0.3 is 14.8 Å². The van der Waals surface area contributed by atoms with E-state index in [9.17, 15) is 9.46 Å². The van der Waals surface area contributed by atoms with Crippen molar-refractivity contribution in [1.29, 1.82) is 0 Å². The van der Waals surface area contributed by atoms with Gasteiger partial charge in [0.15, 0.2) is 5.70 Å². The molecule has 0 amide bonds. The van der Waals surface area contributed by atoms with Crippen LogP contribution in [0.15, 0.2) is 60.4 Å². The van der Waals surface area contributed by atoms with Gasteiger partial charge in [0.05, 0.1) is 33.3 Å². The summed E-state index contributed by atoms with van der Waals surface area (Å²) in [5.74, 6) is 0. The lowest BCUT2D eigenvalue weighted by Crippen LogP contribution is -2.49. The molecule has 0 aliphatic carbocycles. The van der Waals surface area contributed by atoms with E-state index >= 15 is 8.63 Å². The Balaban J connectivity index is 0.942. The van der Waals surface area contributed by atoms with Crippen LogP contribution in [0.25, 0.3) is 5.57 Å². The van der Waals surface area contributed by atoms with Crippen molar-refractivity contribution in [2.24, 2.45) is 0 Å². The van der Waals surface area contributed by atoms with Gasteiger partial charge < -0.3 is 27.0 Å². The highest BCUT2D eigenvalue weighted by Gasteiger charge is 2.51. The first-order valence-corrected chi connectivity index (χ1v) is 20.2. The number of unbranched alkanes of at least 4 members (excludes halogenated alkanes) is 15.